The van der Waals surface area contributed by atoms with Gasteiger partial charge in [-0.05, 0) is 42.3 Å². The van der Waals surface area contributed by atoms with Gasteiger partial charge in [0.1, 0.15) is 5.75 Å². The Morgan fingerprint density at radius 1 is 1.10 bits per heavy atom. The Kier molecular flexibility index (Phi) is 4.21. The van der Waals surface area contributed by atoms with Gasteiger partial charge in [-0.1, -0.05) is 0 Å². The van der Waals surface area contributed by atoms with Gasteiger partial charge in [-0.25, -0.2) is 0 Å². The van der Waals surface area contributed by atoms with E-state index in [9.17, 15) is 0 Å². The van der Waals surface area contributed by atoms with Crippen LogP contribution in [0.15, 0.2) is 36.7 Å². The molecule has 0 saturated heterocycles. The van der Waals surface area contributed by atoms with Crippen LogP contribution >= 0.6 is 0 Å². The van der Waals surface area contributed by atoms with Gasteiger partial charge in [0.25, 0.3) is 0 Å². The molecule has 0 unspecified atom stereocenters. The maximum absolute atomic E-state index is 5.91. The maximum atomic E-state index is 5.91. The molecule has 1 aromatic carbocycles. The molecule has 0 fully saturated rings. The van der Waals surface area contributed by atoms with E-state index in [1.54, 1.807) is 12.4 Å². The summed E-state index contributed by atoms with van der Waals surface area (Å²) in [4.78, 5) is 4.00. The molecule has 2 heterocycles. The molecule has 0 aliphatic carbocycles. The summed E-state index contributed by atoms with van der Waals surface area (Å²) in [5.74, 6) is 2.31. The Balaban J connectivity index is 1.69. The van der Waals surface area contributed by atoms with E-state index in [2.05, 4.69) is 4.98 Å². The minimum absolute atomic E-state index is 0.262. The van der Waals surface area contributed by atoms with Crippen LogP contribution < -0.4 is 19.9 Å². The topological polar surface area (TPSA) is 66.6 Å². The number of pyridine rings is 1. The Labute approximate surface area is 123 Å². The Morgan fingerprint density at radius 2 is 1.86 bits per heavy atom. The van der Waals surface area contributed by atoms with Crippen LogP contribution in [0.3, 0.4) is 0 Å². The fourth-order valence-corrected chi connectivity index (χ4v) is 2.28. The summed E-state index contributed by atoms with van der Waals surface area (Å²) >= 11 is 0. The number of hydrogen-bond acceptors (Lipinski definition) is 5. The molecular weight excluding hydrogens is 268 g/mol. The molecule has 0 bridgehead atoms. The number of fused-ring (bicyclic) bond motifs is 1. The summed E-state index contributed by atoms with van der Waals surface area (Å²) in [6, 6.07) is 7.82. The smallest absolute Gasteiger partial charge is 0.231 e. The summed E-state index contributed by atoms with van der Waals surface area (Å²) < 4.78 is 16.7. The maximum Gasteiger partial charge on any atom is 0.231 e. The molecule has 0 amide bonds. The van der Waals surface area contributed by atoms with E-state index < -0.39 is 0 Å². The third-order valence-corrected chi connectivity index (χ3v) is 3.37. The number of hydrogen-bond donors (Lipinski definition) is 1. The monoisotopic (exact) mass is 286 g/mol. The number of nitrogens with zero attached hydrogens (tertiary/aromatic N) is 1. The molecule has 3 rings (SSSR count). The first-order chi connectivity index (χ1) is 10.4. The molecule has 0 spiro atoms. The zero-order valence-electron chi connectivity index (χ0n) is 11.7. The SMILES string of the molecule is NCCc1cc2c(cc1OCCc1ccncc1)OCO2. The number of nitrogens with two attached hydrogens (primary N) is 1. The van der Waals surface area contributed by atoms with Crippen LogP contribution in [0.1, 0.15) is 11.1 Å². The first-order valence-corrected chi connectivity index (χ1v) is 7.01. The molecule has 2 N–H and O–H groups in total. The molecule has 1 aromatic heterocycles. The molecule has 110 valence electrons. The van der Waals surface area contributed by atoms with Gasteiger partial charge < -0.3 is 19.9 Å². The van der Waals surface area contributed by atoms with Crippen molar-refractivity contribution in [3.05, 3.63) is 47.8 Å². The molecule has 5 heteroatoms. The first kappa shape index (κ1) is 13.7. The number of ether oxygens (including phenoxy) is 3. The van der Waals surface area contributed by atoms with Gasteiger partial charge in [0, 0.05) is 24.9 Å². The van der Waals surface area contributed by atoms with Crippen molar-refractivity contribution < 1.29 is 14.2 Å². The van der Waals surface area contributed by atoms with Crippen molar-refractivity contribution in [3.8, 4) is 17.2 Å². The summed E-state index contributed by atoms with van der Waals surface area (Å²) in [5, 5.41) is 0. The lowest BCUT2D eigenvalue weighted by Gasteiger charge is -2.12. The van der Waals surface area contributed by atoms with Crippen LogP contribution in [-0.2, 0) is 12.8 Å². The second-order valence-corrected chi connectivity index (χ2v) is 4.81. The number of rotatable bonds is 6. The normalized spacial score (nSPS) is 12.4. The second-order valence-electron chi connectivity index (χ2n) is 4.81. The van der Waals surface area contributed by atoms with Crippen LogP contribution in [0, 0.1) is 0 Å². The van der Waals surface area contributed by atoms with E-state index in [1.807, 2.05) is 24.3 Å². The highest BCUT2D eigenvalue weighted by molar-refractivity contribution is 5.52. The summed E-state index contributed by atoms with van der Waals surface area (Å²) in [7, 11) is 0. The van der Waals surface area contributed by atoms with Gasteiger partial charge in [-0.15, -0.1) is 0 Å². The van der Waals surface area contributed by atoms with Crippen molar-refractivity contribution >= 4 is 0 Å². The van der Waals surface area contributed by atoms with Crippen LogP contribution in [0.4, 0.5) is 0 Å². The van der Waals surface area contributed by atoms with Crippen molar-refractivity contribution in [2.45, 2.75) is 12.8 Å². The van der Waals surface area contributed by atoms with Crippen molar-refractivity contribution in [2.75, 3.05) is 19.9 Å². The van der Waals surface area contributed by atoms with E-state index in [0.717, 1.165) is 35.7 Å². The molecule has 0 atom stereocenters. The Bertz CT molecular complexity index is 602. The third-order valence-electron chi connectivity index (χ3n) is 3.37. The van der Waals surface area contributed by atoms with Gasteiger partial charge in [-0.3, -0.25) is 4.98 Å². The Morgan fingerprint density at radius 3 is 2.62 bits per heavy atom. The van der Waals surface area contributed by atoms with Crippen LogP contribution in [0.2, 0.25) is 0 Å². The van der Waals surface area contributed by atoms with Gasteiger partial charge in [0.05, 0.1) is 6.61 Å². The van der Waals surface area contributed by atoms with E-state index in [0.29, 0.717) is 13.2 Å². The molecule has 0 saturated carbocycles. The number of benzene rings is 1. The largest absolute Gasteiger partial charge is 0.493 e. The van der Waals surface area contributed by atoms with Crippen LogP contribution in [-0.4, -0.2) is 24.9 Å². The zero-order chi connectivity index (χ0) is 14.5. The third kappa shape index (κ3) is 3.25. The van der Waals surface area contributed by atoms with E-state index in [4.69, 9.17) is 19.9 Å². The summed E-state index contributed by atoms with van der Waals surface area (Å²) in [5.41, 5.74) is 7.91. The quantitative estimate of drug-likeness (QED) is 0.879. The van der Waals surface area contributed by atoms with Gasteiger partial charge in [0.2, 0.25) is 6.79 Å². The van der Waals surface area contributed by atoms with Crippen molar-refractivity contribution in [2.24, 2.45) is 5.73 Å². The van der Waals surface area contributed by atoms with Gasteiger partial charge in [-0.2, -0.15) is 0 Å². The highest BCUT2D eigenvalue weighted by atomic mass is 16.7. The van der Waals surface area contributed by atoms with Crippen LogP contribution in [0.5, 0.6) is 17.2 Å². The minimum Gasteiger partial charge on any atom is -0.493 e. The van der Waals surface area contributed by atoms with E-state index in [-0.39, 0.29) is 6.79 Å². The van der Waals surface area contributed by atoms with Gasteiger partial charge in [0.15, 0.2) is 11.5 Å². The molecule has 21 heavy (non-hydrogen) atoms. The second kappa shape index (κ2) is 6.45. The highest BCUT2D eigenvalue weighted by Crippen LogP contribution is 2.38. The van der Waals surface area contributed by atoms with Crippen molar-refractivity contribution in [1.29, 1.82) is 0 Å². The number of aromatic nitrogens is 1. The molecule has 1 aliphatic rings. The van der Waals surface area contributed by atoms with E-state index >= 15 is 0 Å². The van der Waals surface area contributed by atoms with Crippen LogP contribution in [0.25, 0.3) is 0 Å². The molecule has 5 nitrogen and oxygen atoms in total. The highest BCUT2D eigenvalue weighted by Gasteiger charge is 2.17. The fourth-order valence-electron chi connectivity index (χ4n) is 2.28. The van der Waals surface area contributed by atoms with Crippen molar-refractivity contribution in [1.82, 2.24) is 4.98 Å². The van der Waals surface area contributed by atoms with E-state index in [1.165, 1.54) is 5.56 Å². The van der Waals surface area contributed by atoms with Gasteiger partial charge >= 0.3 is 0 Å². The molecule has 0 radical (unpaired) electrons. The predicted molar refractivity (Wildman–Crippen MR) is 78.8 cm³/mol. The molecular formula is C16H18N2O3. The lowest BCUT2D eigenvalue weighted by atomic mass is 10.1. The average molecular weight is 286 g/mol. The average Bonchev–Trinajstić information content (AvgIpc) is 2.96. The lowest BCUT2D eigenvalue weighted by Crippen LogP contribution is -2.07. The minimum atomic E-state index is 0.262. The molecule has 2 aromatic rings. The predicted octanol–water partition coefficient (Wildman–Crippen LogP) is 1.93. The zero-order valence-corrected chi connectivity index (χ0v) is 11.7. The van der Waals surface area contributed by atoms with Crippen molar-refractivity contribution in [3.63, 3.8) is 0 Å². The first-order valence-electron chi connectivity index (χ1n) is 7.01. The summed E-state index contributed by atoms with van der Waals surface area (Å²) in [6.07, 6.45) is 5.16. The standard InChI is InChI=1S/C16H18N2O3/c17-5-1-13-9-15-16(21-11-20-15)10-14(13)19-8-4-12-2-6-18-7-3-12/h2-3,6-7,9-10H,1,4-5,8,11,17H2. The Hall–Kier alpha value is -2.27. The fraction of sp³-hybridized carbons (Fsp3) is 0.312. The lowest BCUT2D eigenvalue weighted by molar-refractivity contribution is 0.173. The summed E-state index contributed by atoms with van der Waals surface area (Å²) in [6.45, 7) is 1.43. The molecule has 1 aliphatic heterocycles.